The van der Waals surface area contributed by atoms with Crippen molar-refractivity contribution in [2.75, 3.05) is 38.5 Å². The average molecular weight is 256 g/mol. The number of likely N-dealkylation sites (tertiary alicyclic amines) is 1. The Bertz CT molecular complexity index is 206. The van der Waals surface area contributed by atoms with Gasteiger partial charge in [0.15, 0.2) is 0 Å². The van der Waals surface area contributed by atoms with Crippen molar-refractivity contribution in [3.05, 3.63) is 0 Å². The van der Waals surface area contributed by atoms with E-state index in [0.29, 0.717) is 0 Å². The zero-order valence-corrected chi connectivity index (χ0v) is 12.3. The normalized spacial score (nSPS) is 32.8. The molecule has 2 aliphatic heterocycles. The van der Waals surface area contributed by atoms with Gasteiger partial charge < -0.3 is 10.2 Å². The first kappa shape index (κ1) is 13.7. The van der Waals surface area contributed by atoms with Gasteiger partial charge in [-0.1, -0.05) is 13.8 Å². The summed E-state index contributed by atoms with van der Waals surface area (Å²) in [6.45, 7) is 11.2. The van der Waals surface area contributed by atoms with Crippen LogP contribution in [-0.2, 0) is 0 Å². The quantitative estimate of drug-likeness (QED) is 0.832. The van der Waals surface area contributed by atoms with Crippen LogP contribution in [0, 0.1) is 11.8 Å². The molecule has 0 bridgehead atoms. The molecular weight excluding hydrogens is 228 g/mol. The highest BCUT2D eigenvalue weighted by Gasteiger charge is 2.21. The van der Waals surface area contributed by atoms with E-state index in [0.717, 1.165) is 17.1 Å². The highest BCUT2D eigenvalue weighted by molar-refractivity contribution is 7.99. The molecule has 2 heterocycles. The Labute approximate surface area is 111 Å². The molecule has 3 heteroatoms. The number of nitrogens with one attached hydrogen (secondary N) is 1. The summed E-state index contributed by atoms with van der Waals surface area (Å²) in [7, 11) is 0. The fourth-order valence-electron chi connectivity index (χ4n) is 3.29. The van der Waals surface area contributed by atoms with Crippen LogP contribution in [0.4, 0.5) is 0 Å². The zero-order valence-electron chi connectivity index (χ0n) is 11.5. The lowest BCUT2D eigenvalue weighted by Gasteiger charge is -2.35. The van der Waals surface area contributed by atoms with E-state index < -0.39 is 0 Å². The first-order valence-corrected chi connectivity index (χ1v) is 8.33. The van der Waals surface area contributed by atoms with Crippen LogP contribution in [0.15, 0.2) is 0 Å². The van der Waals surface area contributed by atoms with Gasteiger partial charge >= 0.3 is 0 Å². The van der Waals surface area contributed by atoms with Crippen LogP contribution < -0.4 is 5.32 Å². The smallest absolute Gasteiger partial charge is 0.00727 e. The predicted molar refractivity (Wildman–Crippen MR) is 77.7 cm³/mol. The van der Waals surface area contributed by atoms with Crippen molar-refractivity contribution in [3.8, 4) is 0 Å². The molecule has 0 aliphatic carbocycles. The van der Waals surface area contributed by atoms with Crippen LogP contribution in [0.3, 0.4) is 0 Å². The lowest BCUT2D eigenvalue weighted by atomic mass is 9.92. The van der Waals surface area contributed by atoms with Crippen LogP contribution in [-0.4, -0.2) is 48.6 Å². The molecule has 2 aliphatic rings. The van der Waals surface area contributed by atoms with E-state index in [2.05, 4.69) is 35.8 Å². The Morgan fingerprint density at radius 2 is 1.76 bits per heavy atom. The van der Waals surface area contributed by atoms with Crippen LogP contribution in [0.1, 0.15) is 33.1 Å². The molecule has 0 saturated carbocycles. The third-order valence-electron chi connectivity index (χ3n) is 3.99. The molecule has 2 unspecified atom stereocenters. The SMILES string of the molecule is CC1CC(C)CN(CCSC2CCNCC2)C1. The number of hydrogen-bond acceptors (Lipinski definition) is 3. The van der Waals surface area contributed by atoms with E-state index in [1.54, 1.807) is 0 Å². The summed E-state index contributed by atoms with van der Waals surface area (Å²) >= 11 is 2.21. The maximum atomic E-state index is 3.44. The van der Waals surface area contributed by atoms with Gasteiger partial charge in [-0.3, -0.25) is 0 Å². The van der Waals surface area contributed by atoms with E-state index in [1.807, 2.05) is 0 Å². The van der Waals surface area contributed by atoms with Gasteiger partial charge in [0.1, 0.15) is 0 Å². The summed E-state index contributed by atoms with van der Waals surface area (Å²) in [5.74, 6) is 3.15. The molecular formula is C14H28N2S. The van der Waals surface area contributed by atoms with Gasteiger partial charge in [0.05, 0.1) is 0 Å². The summed E-state index contributed by atoms with van der Waals surface area (Å²) in [4.78, 5) is 2.69. The van der Waals surface area contributed by atoms with Crippen LogP contribution in [0.2, 0.25) is 0 Å². The molecule has 100 valence electrons. The van der Waals surface area contributed by atoms with Crippen molar-refractivity contribution in [3.63, 3.8) is 0 Å². The van der Waals surface area contributed by atoms with Crippen LogP contribution >= 0.6 is 11.8 Å². The van der Waals surface area contributed by atoms with Crippen molar-refractivity contribution in [2.45, 2.75) is 38.4 Å². The van der Waals surface area contributed by atoms with Crippen LogP contribution in [0.25, 0.3) is 0 Å². The molecule has 2 saturated heterocycles. The topological polar surface area (TPSA) is 15.3 Å². The lowest BCUT2D eigenvalue weighted by Crippen LogP contribution is -2.40. The van der Waals surface area contributed by atoms with E-state index in [4.69, 9.17) is 0 Å². The molecule has 0 radical (unpaired) electrons. The van der Waals surface area contributed by atoms with Gasteiger partial charge in [0.2, 0.25) is 0 Å². The summed E-state index contributed by atoms with van der Waals surface area (Å²) in [6.07, 6.45) is 4.17. The third-order valence-corrected chi connectivity index (χ3v) is 5.35. The Balaban J connectivity index is 1.60. The molecule has 2 atom stereocenters. The number of hydrogen-bond donors (Lipinski definition) is 1. The Kier molecular flexibility index (Phi) is 5.64. The second-order valence-corrected chi connectivity index (χ2v) is 7.43. The standard InChI is InChI=1S/C14H28N2S/c1-12-9-13(2)11-16(10-12)7-8-17-14-3-5-15-6-4-14/h12-15H,3-11H2,1-2H3. The second-order valence-electron chi connectivity index (χ2n) is 6.03. The van der Waals surface area contributed by atoms with E-state index in [1.165, 1.54) is 57.7 Å². The molecule has 2 fully saturated rings. The minimum absolute atomic E-state index is 0.905. The average Bonchev–Trinajstić information content (AvgIpc) is 2.29. The fourth-order valence-corrected chi connectivity index (χ4v) is 4.55. The molecule has 0 aromatic heterocycles. The van der Waals surface area contributed by atoms with E-state index in [-0.39, 0.29) is 0 Å². The van der Waals surface area contributed by atoms with Gasteiger partial charge in [0.25, 0.3) is 0 Å². The van der Waals surface area contributed by atoms with Crippen molar-refractivity contribution in [2.24, 2.45) is 11.8 Å². The minimum Gasteiger partial charge on any atom is -0.317 e. The van der Waals surface area contributed by atoms with E-state index in [9.17, 15) is 0 Å². The first-order valence-electron chi connectivity index (χ1n) is 7.28. The molecule has 0 amide bonds. The molecule has 17 heavy (non-hydrogen) atoms. The molecule has 2 nitrogen and oxygen atoms in total. The largest absolute Gasteiger partial charge is 0.317 e. The molecule has 1 N–H and O–H groups in total. The first-order chi connectivity index (χ1) is 8.24. The van der Waals surface area contributed by atoms with Gasteiger partial charge in [-0.05, 0) is 44.2 Å². The van der Waals surface area contributed by atoms with Gasteiger partial charge in [-0.15, -0.1) is 0 Å². The van der Waals surface area contributed by atoms with Crippen LogP contribution in [0.5, 0.6) is 0 Å². The van der Waals surface area contributed by atoms with E-state index >= 15 is 0 Å². The maximum absolute atomic E-state index is 3.44. The monoisotopic (exact) mass is 256 g/mol. The third kappa shape index (κ3) is 4.80. The van der Waals surface area contributed by atoms with Crippen molar-refractivity contribution < 1.29 is 0 Å². The summed E-state index contributed by atoms with van der Waals surface area (Å²) in [5, 5.41) is 4.37. The zero-order chi connectivity index (χ0) is 12.1. The number of thioether (sulfide) groups is 1. The molecule has 0 aromatic carbocycles. The van der Waals surface area contributed by atoms with Gasteiger partial charge in [-0.2, -0.15) is 11.8 Å². The van der Waals surface area contributed by atoms with Crippen molar-refractivity contribution >= 4 is 11.8 Å². The molecule has 0 aromatic rings. The lowest BCUT2D eigenvalue weighted by molar-refractivity contribution is 0.149. The Morgan fingerprint density at radius 1 is 1.12 bits per heavy atom. The predicted octanol–water partition coefficient (Wildman–Crippen LogP) is 2.45. The number of piperidine rings is 2. The number of rotatable bonds is 4. The summed E-state index contributed by atoms with van der Waals surface area (Å²) in [5.41, 5.74) is 0. The minimum atomic E-state index is 0.905. The Hall–Kier alpha value is 0.270. The number of nitrogens with zero attached hydrogens (tertiary/aromatic N) is 1. The maximum Gasteiger partial charge on any atom is 0.00727 e. The second kappa shape index (κ2) is 7.01. The van der Waals surface area contributed by atoms with Gasteiger partial charge in [0, 0.05) is 30.6 Å². The highest BCUT2D eigenvalue weighted by Crippen LogP contribution is 2.23. The Morgan fingerprint density at radius 3 is 2.41 bits per heavy atom. The molecule has 2 rings (SSSR count). The van der Waals surface area contributed by atoms with Gasteiger partial charge in [-0.25, -0.2) is 0 Å². The highest BCUT2D eigenvalue weighted by atomic mass is 32.2. The summed E-state index contributed by atoms with van der Waals surface area (Å²) in [6, 6.07) is 0. The summed E-state index contributed by atoms with van der Waals surface area (Å²) < 4.78 is 0. The fraction of sp³-hybridized carbons (Fsp3) is 1.00. The van der Waals surface area contributed by atoms with Crippen molar-refractivity contribution in [1.82, 2.24) is 10.2 Å². The van der Waals surface area contributed by atoms with Crippen molar-refractivity contribution in [1.29, 1.82) is 0 Å². The molecule has 0 spiro atoms.